The van der Waals surface area contributed by atoms with Crippen molar-refractivity contribution in [3.63, 3.8) is 0 Å². The van der Waals surface area contributed by atoms with Crippen LogP contribution in [0.1, 0.15) is 6.92 Å². The molecule has 21 heavy (non-hydrogen) atoms. The summed E-state index contributed by atoms with van der Waals surface area (Å²) in [7, 11) is 0. The number of carbonyl (C=O) groups is 1. The smallest absolute Gasteiger partial charge is 0.258 e. The number of hydrogen-bond acceptors (Lipinski definition) is 4. The number of ether oxygens (including phenoxy) is 3. The van der Waals surface area contributed by atoms with Crippen LogP contribution < -0.4 is 10.1 Å². The first-order chi connectivity index (χ1) is 10.1. The molecule has 0 saturated carbocycles. The second-order valence-corrected chi connectivity index (χ2v) is 5.41. The van der Waals surface area contributed by atoms with Crippen LogP contribution in [0.4, 0.5) is 0 Å². The fourth-order valence-electron chi connectivity index (χ4n) is 2.03. The van der Waals surface area contributed by atoms with E-state index < -0.39 is 0 Å². The second-order valence-electron chi connectivity index (χ2n) is 4.57. The zero-order chi connectivity index (χ0) is 15.2. The van der Waals surface area contributed by atoms with Crippen LogP contribution in [0.5, 0.6) is 5.75 Å². The molecule has 1 fully saturated rings. The quantitative estimate of drug-likeness (QED) is 0.867. The predicted octanol–water partition coefficient (Wildman–Crippen LogP) is 2.29. The Kier molecular flexibility index (Phi) is 6.11. The average molecular weight is 334 g/mol. The van der Waals surface area contributed by atoms with E-state index in [1.807, 2.05) is 6.92 Å². The third-order valence-electron chi connectivity index (χ3n) is 3.01. The summed E-state index contributed by atoms with van der Waals surface area (Å²) in [5.74, 6) is 0.168. The Morgan fingerprint density at radius 1 is 1.43 bits per heavy atom. The lowest BCUT2D eigenvalue weighted by Crippen LogP contribution is -2.45. The fourth-order valence-corrected chi connectivity index (χ4v) is 2.49. The van der Waals surface area contributed by atoms with Crippen molar-refractivity contribution < 1.29 is 19.0 Å². The summed E-state index contributed by atoms with van der Waals surface area (Å²) < 4.78 is 16.2. The van der Waals surface area contributed by atoms with Gasteiger partial charge in [0.05, 0.1) is 24.3 Å². The minimum Gasteiger partial charge on any atom is -0.482 e. The lowest BCUT2D eigenvalue weighted by molar-refractivity contribution is -0.124. The lowest BCUT2D eigenvalue weighted by atomic mass is 10.2. The summed E-state index contributed by atoms with van der Waals surface area (Å²) in [4.78, 5) is 11.9. The van der Waals surface area contributed by atoms with Gasteiger partial charge in [-0.15, -0.1) is 0 Å². The normalized spacial score (nSPS) is 21.3. The molecule has 1 saturated heterocycles. The number of halogens is 2. The van der Waals surface area contributed by atoms with Crippen LogP contribution in [-0.2, 0) is 14.3 Å². The van der Waals surface area contributed by atoms with Gasteiger partial charge in [-0.05, 0) is 25.1 Å². The Balaban J connectivity index is 1.82. The zero-order valence-electron chi connectivity index (χ0n) is 11.6. The van der Waals surface area contributed by atoms with Crippen molar-refractivity contribution in [2.45, 2.75) is 19.1 Å². The van der Waals surface area contributed by atoms with Crippen molar-refractivity contribution in [3.05, 3.63) is 28.2 Å². The van der Waals surface area contributed by atoms with Gasteiger partial charge < -0.3 is 19.5 Å². The van der Waals surface area contributed by atoms with Crippen molar-refractivity contribution in [3.8, 4) is 5.75 Å². The zero-order valence-corrected chi connectivity index (χ0v) is 13.1. The van der Waals surface area contributed by atoms with E-state index in [2.05, 4.69) is 5.32 Å². The van der Waals surface area contributed by atoms with Gasteiger partial charge in [-0.1, -0.05) is 23.2 Å². The highest BCUT2D eigenvalue weighted by Gasteiger charge is 2.30. The van der Waals surface area contributed by atoms with E-state index in [9.17, 15) is 4.79 Å². The molecule has 1 aromatic carbocycles. The average Bonchev–Trinajstić information content (AvgIpc) is 2.85. The van der Waals surface area contributed by atoms with Crippen molar-refractivity contribution >= 4 is 29.1 Å². The molecular weight excluding hydrogens is 317 g/mol. The van der Waals surface area contributed by atoms with Gasteiger partial charge in [-0.2, -0.15) is 0 Å². The van der Waals surface area contributed by atoms with Gasteiger partial charge in [0.1, 0.15) is 11.9 Å². The number of amides is 1. The minimum atomic E-state index is -0.249. The van der Waals surface area contributed by atoms with Crippen molar-refractivity contribution in [2.24, 2.45) is 0 Å². The number of benzene rings is 1. The standard InChI is InChI=1S/C14H17Cl2NO4/c1-2-20-13-7-19-6-11(13)17-14(18)8-21-12-4-3-9(15)5-10(12)16/h3-5,11,13H,2,6-8H2,1H3,(H,17,18)/t11-,13-/m1/s1. The van der Waals surface area contributed by atoms with Crippen LogP contribution in [0.2, 0.25) is 10.0 Å². The molecule has 1 aliphatic heterocycles. The lowest BCUT2D eigenvalue weighted by Gasteiger charge is -2.19. The van der Waals surface area contributed by atoms with Crippen LogP contribution in [0.25, 0.3) is 0 Å². The fraction of sp³-hybridized carbons (Fsp3) is 0.500. The van der Waals surface area contributed by atoms with Crippen molar-refractivity contribution in [2.75, 3.05) is 26.4 Å². The maximum atomic E-state index is 11.9. The molecule has 0 aliphatic carbocycles. The molecule has 0 unspecified atom stereocenters. The Morgan fingerprint density at radius 2 is 2.24 bits per heavy atom. The molecule has 0 radical (unpaired) electrons. The van der Waals surface area contributed by atoms with Crippen LogP contribution in [0, 0.1) is 0 Å². The Labute approximate surface area is 133 Å². The van der Waals surface area contributed by atoms with Gasteiger partial charge in [0.2, 0.25) is 0 Å². The Bertz CT molecular complexity index is 498. The summed E-state index contributed by atoms with van der Waals surface area (Å²) in [6, 6.07) is 4.68. The van der Waals surface area contributed by atoms with E-state index in [0.717, 1.165) is 0 Å². The van der Waals surface area contributed by atoms with Crippen LogP contribution in [0.15, 0.2) is 18.2 Å². The van der Waals surface area contributed by atoms with E-state index in [-0.39, 0.29) is 24.7 Å². The Morgan fingerprint density at radius 3 is 2.95 bits per heavy atom. The molecule has 0 spiro atoms. The van der Waals surface area contributed by atoms with E-state index in [4.69, 9.17) is 37.4 Å². The van der Waals surface area contributed by atoms with Gasteiger partial charge in [-0.3, -0.25) is 4.79 Å². The molecule has 2 atom stereocenters. The highest BCUT2D eigenvalue weighted by Crippen LogP contribution is 2.27. The summed E-state index contributed by atoms with van der Waals surface area (Å²) in [6.07, 6.45) is -0.113. The number of nitrogens with one attached hydrogen (secondary N) is 1. The Hall–Kier alpha value is -1.01. The summed E-state index contributed by atoms with van der Waals surface area (Å²) in [5, 5.41) is 3.71. The number of hydrogen-bond donors (Lipinski definition) is 1. The maximum Gasteiger partial charge on any atom is 0.258 e. The van der Waals surface area contributed by atoms with Gasteiger partial charge in [0.25, 0.3) is 5.91 Å². The first-order valence-electron chi connectivity index (χ1n) is 6.66. The van der Waals surface area contributed by atoms with E-state index >= 15 is 0 Å². The van der Waals surface area contributed by atoms with Crippen LogP contribution in [-0.4, -0.2) is 44.5 Å². The van der Waals surface area contributed by atoms with Gasteiger partial charge >= 0.3 is 0 Å². The van der Waals surface area contributed by atoms with E-state index in [1.165, 1.54) is 0 Å². The van der Waals surface area contributed by atoms with Crippen molar-refractivity contribution in [1.29, 1.82) is 0 Å². The summed E-state index contributed by atoms with van der Waals surface area (Å²) in [6.45, 7) is 3.29. The SMILES string of the molecule is CCO[C@@H]1COC[C@H]1NC(=O)COc1ccc(Cl)cc1Cl. The molecule has 0 bridgehead atoms. The molecule has 0 aromatic heterocycles. The van der Waals surface area contributed by atoms with Crippen LogP contribution >= 0.6 is 23.2 Å². The molecule has 2 rings (SSSR count). The summed E-state index contributed by atoms with van der Waals surface area (Å²) in [5.41, 5.74) is 0. The van der Waals surface area contributed by atoms with Crippen molar-refractivity contribution in [1.82, 2.24) is 5.32 Å². The highest BCUT2D eigenvalue weighted by atomic mass is 35.5. The third kappa shape index (κ3) is 4.74. The number of carbonyl (C=O) groups excluding carboxylic acids is 1. The molecular formula is C14H17Cl2NO4. The van der Waals surface area contributed by atoms with E-state index in [1.54, 1.807) is 18.2 Å². The first kappa shape index (κ1) is 16.4. The summed E-state index contributed by atoms with van der Waals surface area (Å²) >= 11 is 11.8. The predicted molar refractivity (Wildman–Crippen MR) is 80.1 cm³/mol. The molecule has 116 valence electrons. The van der Waals surface area contributed by atoms with Gasteiger partial charge in [0, 0.05) is 11.6 Å². The molecule has 1 aromatic rings. The molecule has 5 nitrogen and oxygen atoms in total. The topological polar surface area (TPSA) is 56.8 Å². The third-order valence-corrected chi connectivity index (χ3v) is 3.54. The van der Waals surface area contributed by atoms with Crippen LogP contribution in [0.3, 0.4) is 0 Å². The maximum absolute atomic E-state index is 11.9. The second kappa shape index (κ2) is 7.84. The molecule has 7 heteroatoms. The molecule has 1 heterocycles. The molecule has 1 aliphatic rings. The van der Waals surface area contributed by atoms with Gasteiger partial charge in [0.15, 0.2) is 6.61 Å². The van der Waals surface area contributed by atoms with E-state index in [0.29, 0.717) is 35.6 Å². The minimum absolute atomic E-state index is 0.113. The number of rotatable bonds is 6. The first-order valence-corrected chi connectivity index (χ1v) is 7.42. The largest absolute Gasteiger partial charge is 0.482 e. The highest BCUT2D eigenvalue weighted by molar-refractivity contribution is 6.35. The monoisotopic (exact) mass is 333 g/mol. The van der Waals surface area contributed by atoms with Gasteiger partial charge in [-0.25, -0.2) is 0 Å². The molecule has 1 amide bonds. The molecule has 1 N–H and O–H groups in total.